The van der Waals surface area contributed by atoms with Crippen LogP contribution in [-0.4, -0.2) is 38.4 Å². The second-order valence-corrected chi connectivity index (χ2v) is 10.8. The number of halogens is 3. The second kappa shape index (κ2) is 11.4. The van der Waals surface area contributed by atoms with E-state index in [0.29, 0.717) is 11.5 Å². The molecule has 1 aliphatic rings. The molecule has 4 aromatic rings. The number of aryl methyl sites for hydroxylation is 1. The van der Waals surface area contributed by atoms with Gasteiger partial charge in [-0.15, -0.1) is 18.3 Å². The summed E-state index contributed by atoms with van der Waals surface area (Å²) < 4.78 is 48.1. The largest absolute Gasteiger partial charge is 0.573 e. The maximum absolute atomic E-state index is 12.4. The first kappa shape index (κ1) is 29.1. The van der Waals surface area contributed by atoms with E-state index in [-0.39, 0.29) is 34.8 Å². The molecule has 1 fully saturated rings. The van der Waals surface area contributed by atoms with Crippen molar-refractivity contribution in [3.63, 3.8) is 0 Å². The van der Waals surface area contributed by atoms with Gasteiger partial charge in [0, 0.05) is 23.2 Å². The molecule has 42 heavy (non-hydrogen) atoms. The summed E-state index contributed by atoms with van der Waals surface area (Å²) in [5.74, 6) is 0.544. The minimum Gasteiger partial charge on any atom is -0.406 e. The highest BCUT2D eigenvalue weighted by Gasteiger charge is 2.46. The van der Waals surface area contributed by atoms with E-state index in [2.05, 4.69) is 46.9 Å². The fourth-order valence-corrected chi connectivity index (χ4v) is 5.04. The molecule has 2 unspecified atom stereocenters. The van der Waals surface area contributed by atoms with Crippen LogP contribution < -0.4 is 15.4 Å². The van der Waals surface area contributed by atoms with Crippen molar-refractivity contribution < 1.29 is 22.6 Å². The maximum atomic E-state index is 12.4. The molecule has 12 heteroatoms. The average molecular weight is 595 g/mol. The van der Waals surface area contributed by atoms with E-state index in [1.807, 2.05) is 36.1 Å². The van der Waals surface area contributed by atoms with Gasteiger partial charge in [-0.05, 0) is 78.5 Å². The van der Waals surface area contributed by atoms with Gasteiger partial charge in [-0.1, -0.05) is 50.2 Å². The predicted molar refractivity (Wildman–Crippen MR) is 158 cm³/mol. The van der Waals surface area contributed by atoms with Crippen LogP contribution in [0.3, 0.4) is 0 Å². The molecule has 0 spiro atoms. The van der Waals surface area contributed by atoms with Gasteiger partial charge in [-0.2, -0.15) is 0 Å². The number of benzene rings is 3. The molecule has 0 radical (unpaired) electrons. The van der Waals surface area contributed by atoms with Crippen LogP contribution >= 0.6 is 12.2 Å². The number of nitrogens with zero attached hydrogens (tertiary/aromatic N) is 4. The van der Waals surface area contributed by atoms with Gasteiger partial charge in [0.05, 0.1) is 5.69 Å². The molecule has 5 rings (SSSR count). The highest BCUT2D eigenvalue weighted by molar-refractivity contribution is 7.80. The van der Waals surface area contributed by atoms with Crippen LogP contribution in [-0.2, 0) is 4.74 Å². The Hall–Kier alpha value is -4.45. The zero-order valence-electron chi connectivity index (χ0n) is 23.1. The van der Waals surface area contributed by atoms with Gasteiger partial charge in [0.1, 0.15) is 12.1 Å². The number of hydrogen-bond acceptors (Lipinski definition) is 6. The summed E-state index contributed by atoms with van der Waals surface area (Å²) in [4.78, 5) is 6.25. The van der Waals surface area contributed by atoms with Gasteiger partial charge in [0.2, 0.25) is 0 Å². The van der Waals surface area contributed by atoms with Crippen molar-refractivity contribution in [1.29, 1.82) is 5.41 Å². The molecule has 1 aromatic heterocycles. The Morgan fingerprint density at radius 1 is 1.10 bits per heavy atom. The Morgan fingerprint density at radius 2 is 1.79 bits per heavy atom. The molecule has 0 aliphatic heterocycles. The number of ether oxygens (including phenoxy) is 2. The monoisotopic (exact) mass is 594 g/mol. The van der Waals surface area contributed by atoms with Crippen LogP contribution in [0.15, 0.2) is 73.1 Å². The lowest BCUT2D eigenvalue weighted by atomic mass is 9.98. The van der Waals surface area contributed by atoms with E-state index in [1.54, 1.807) is 0 Å². The topological polar surface area (TPSA) is 102 Å². The SMILES string of the molecule is Cc1ccc(C(C)C)c(N(C(=N)OC(N)=S)C2CC2c2ccc(-c3ncn(-c4ccc(OC(F)(F)F)cc4)n3)cc2)c1. The van der Waals surface area contributed by atoms with Gasteiger partial charge < -0.3 is 15.2 Å². The van der Waals surface area contributed by atoms with Crippen LogP contribution in [0.4, 0.5) is 18.9 Å². The summed E-state index contributed by atoms with van der Waals surface area (Å²) in [6.07, 6.45) is -2.44. The lowest BCUT2D eigenvalue weighted by Gasteiger charge is -2.28. The Balaban J connectivity index is 1.34. The predicted octanol–water partition coefficient (Wildman–Crippen LogP) is 6.82. The summed E-state index contributed by atoms with van der Waals surface area (Å²) in [6.45, 7) is 6.24. The molecule has 2 atom stereocenters. The molecule has 1 aliphatic carbocycles. The van der Waals surface area contributed by atoms with Crippen molar-refractivity contribution >= 4 is 29.1 Å². The summed E-state index contributed by atoms with van der Waals surface area (Å²) >= 11 is 4.93. The first-order chi connectivity index (χ1) is 19.9. The number of rotatable bonds is 7. The molecule has 0 saturated heterocycles. The van der Waals surface area contributed by atoms with Gasteiger partial charge in [0.25, 0.3) is 11.2 Å². The van der Waals surface area contributed by atoms with Crippen LogP contribution in [0.1, 0.15) is 48.8 Å². The van der Waals surface area contributed by atoms with E-state index >= 15 is 0 Å². The molecule has 8 nitrogen and oxygen atoms in total. The summed E-state index contributed by atoms with van der Waals surface area (Å²) in [5, 5.41) is 12.9. The highest BCUT2D eigenvalue weighted by atomic mass is 32.1. The van der Waals surface area contributed by atoms with Crippen LogP contribution in [0.2, 0.25) is 0 Å². The smallest absolute Gasteiger partial charge is 0.406 e. The van der Waals surface area contributed by atoms with E-state index in [0.717, 1.165) is 34.4 Å². The van der Waals surface area contributed by atoms with Gasteiger partial charge >= 0.3 is 6.36 Å². The molecular weight excluding hydrogens is 565 g/mol. The molecule has 218 valence electrons. The number of hydrogen-bond donors (Lipinski definition) is 2. The summed E-state index contributed by atoms with van der Waals surface area (Å²) in [7, 11) is 0. The second-order valence-electron chi connectivity index (χ2n) is 10.4. The van der Waals surface area contributed by atoms with E-state index in [1.165, 1.54) is 35.3 Å². The maximum Gasteiger partial charge on any atom is 0.573 e. The highest BCUT2D eigenvalue weighted by Crippen LogP contribution is 2.48. The van der Waals surface area contributed by atoms with Gasteiger partial charge in [0.15, 0.2) is 5.82 Å². The lowest BCUT2D eigenvalue weighted by molar-refractivity contribution is -0.274. The van der Waals surface area contributed by atoms with Crippen LogP contribution in [0.5, 0.6) is 5.75 Å². The molecular formula is C30H29F3N6O2S. The number of nitrogens with two attached hydrogens (primary N) is 1. The third-order valence-corrected chi connectivity index (χ3v) is 7.08. The molecule has 3 N–H and O–H groups in total. The number of thiocarbonyl (C=S) groups is 1. The molecule has 0 bridgehead atoms. The standard InChI is InChI=1S/C30H29F3N6O2S/c1-17(2)23-13-4-18(3)14-25(23)39(28(34)40-29(35)42)26-15-24(26)19-5-7-20(8-6-19)27-36-16-38(37-27)21-9-11-22(12-10-21)41-30(31,32)33/h4-14,16-17,24,26,34H,15H2,1-3H3,(H2,35,42). The third-order valence-electron chi connectivity index (χ3n) is 7.00. The lowest BCUT2D eigenvalue weighted by Crippen LogP contribution is -2.38. The quantitative estimate of drug-likeness (QED) is 0.138. The van der Waals surface area contributed by atoms with Crippen molar-refractivity contribution in [3.8, 4) is 22.8 Å². The van der Waals surface area contributed by atoms with Crippen LogP contribution in [0.25, 0.3) is 17.1 Å². The van der Waals surface area contributed by atoms with E-state index in [4.69, 9.17) is 28.1 Å². The Kier molecular flexibility index (Phi) is 7.91. The first-order valence-corrected chi connectivity index (χ1v) is 13.6. The Labute approximate surface area is 246 Å². The molecule has 1 saturated carbocycles. The minimum absolute atomic E-state index is 0.0152. The zero-order chi connectivity index (χ0) is 30.2. The van der Waals surface area contributed by atoms with E-state index < -0.39 is 6.36 Å². The van der Waals surface area contributed by atoms with Crippen molar-refractivity contribution in [2.24, 2.45) is 5.73 Å². The molecule has 0 amide bonds. The number of aromatic nitrogens is 3. The van der Waals surface area contributed by atoms with Crippen LogP contribution in [0, 0.1) is 12.3 Å². The molecule has 3 aromatic carbocycles. The Morgan fingerprint density at radius 3 is 2.40 bits per heavy atom. The fraction of sp³-hybridized carbons (Fsp3) is 0.267. The van der Waals surface area contributed by atoms with Crippen molar-refractivity contribution in [3.05, 3.63) is 89.7 Å². The Bertz CT molecular complexity index is 1600. The van der Waals surface area contributed by atoms with E-state index in [9.17, 15) is 13.2 Å². The number of alkyl halides is 3. The normalized spacial score (nSPS) is 16.3. The zero-order valence-corrected chi connectivity index (χ0v) is 23.9. The summed E-state index contributed by atoms with van der Waals surface area (Å²) in [5.41, 5.74) is 11.1. The number of nitrogens with one attached hydrogen (secondary N) is 1. The van der Waals surface area contributed by atoms with Crippen molar-refractivity contribution in [2.75, 3.05) is 4.90 Å². The number of amidine groups is 1. The minimum atomic E-state index is -4.75. The van der Waals surface area contributed by atoms with Crippen molar-refractivity contribution in [1.82, 2.24) is 14.8 Å². The number of anilines is 1. The van der Waals surface area contributed by atoms with Gasteiger partial charge in [-0.25, -0.2) is 9.67 Å². The third kappa shape index (κ3) is 6.54. The first-order valence-electron chi connectivity index (χ1n) is 13.2. The van der Waals surface area contributed by atoms with Crippen molar-refractivity contribution in [2.45, 2.75) is 51.4 Å². The molecule has 1 heterocycles. The fourth-order valence-electron chi connectivity index (χ4n) is 4.96. The summed E-state index contributed by atoms with van der Waals surface area (Å²) in [6, 6.07) is 19.4. The average Bonchev–Trinajstić information content (AvgIpc) is 3.52. The van der Waals surface area contributed by atoms with Gasteiger partial charge in [-0.3, -0.25) is 10.3 Å².